The molecule has 3 rings (SSSR count). The van der Waals surface area contributed by atoms with E-state index < -0.39 is 10.0 Å². The van der Waals surface area contributed by atoms with Crippen molar-refractivity contribution in [3.63, 3.8) is 0 Å². The van der Waals surface area contributed by atoms with Crippen LogP contribution >= 0.6 is 11.6 Å². The maximum Gasteiger partial charge on any atom is 0.308 e. The van der Waals surface area contributed by atoms with Crippen LogP contribution in [0.3, 0.4) is 0 Å². The lowest BCUT2D eigenvalue weighted by Crippen LogP contribution is -2.46. The van der Waals surface area contributed by atoms with Gasteiger partial charge in [0.25, 0.3) is 10.0 Å². The predicted octanol–water partition coefficient (Wildman–Crippen LogP) is 3.56. The third-order valence-corrected chi connectivity index (χ3v) is 7.71. The summed E-state index contributed by atoms with van der Waals surface area (Å²) in [5.41, 5.74) is 1.97. The molecule has 1 amide bonds. The number of sulfonamides is 1. The van der Waals surface area contributed by atoms with Crippen LogP contribution in [0.1, 0.15) is 24.0 Å². The molecule has 172 valence electrons. The fraction of sp³-hybridized carbons (Fsp3) is 0.391. The van der Waals surface area contributed by atoms with E-state index in [2.05, 4.69) is 0 Å². The van der Waals surface area contributed by atoms with E-state index in [-0.39, 0.29) is 29.2 Å². The summed E-state index contributed by atoms with van der Waals surface area (Å²) in [7, 11) is -2.65. The van der Waals surface area contributed by atoms with Crippen molar-refractivity contribution >= 4 is 39.2 Å². The van der Waals surface area contributed by atoms with Crippen LogP contribution in [0.5, 0.6) is 0 Å². The molecule has 2 aromatic carbocycles. The van der Waals surface area contributed by atoms with Crippen LogP contribution < -0.4 is 4.31 Å². The van der Waals surface area contributed by atoms with Gasteiger partial charge in [0.05, 0.1) is 23.6 Å². The summed E-state index contributed by atoms with van der Waals surface area (Å²) in [5, 5.41) is 0.482. The lowest BCUT2D eigenvalue weighted by molar-refractivity contribution is -0.148. The van der Waals surface area contributed by atoms with Gasteiger partial charge in [0.2, 0.25) is 5.91 Å². The van der Waals surface area contributed by atoms with E-state index >= 15 is 0 Å². The average Bonchev–Trinajstić information content (AvgIpc) is 2.77. The second-order valence-electron chi connectivity index (χ2n) is 7.93. The van der Waals surface area contributed by atoms with Crippen molar-refractivity contribution in [3.05, 3.63) is 58.6 Å². The Kier molecular flexibility index (Phi) is 7.46. The first-order chi connectivity index (χ1) is 15.1. The Bertz CT molecular complexity index is 1090. The van der Waals surface area contributed by atoms with Gasteiger partial charge in [-0.3, -0.25) is 13.9 Å². The van der Waals surface area contributed by atoms with E-state index in [1.807, 2.05) is 6.92 Å². The van der Waals surface area contributed by atoms with Gasteiger partial charge in [-0.1, -0.05) is 29.3 Å². The number of halogens is 1. The van der Waals surface area contributed by atoms with Crippen LogP contribution in [0.4, 0.5) is 5.69 Å². The van der Waals surface area contributed by atoms with Crippen LogP contribution in [0.25, 0.3) is 0 Å². The Morgan fingerprint density at radius 3 is 2.28 bits per heavy atom. The topological polar surface area (TPSA) is 84.0 Å². The van der Waals surface area contributed by atoms with Gasteiger partial charge >= 0.3 is 5.97 Å². The molecule has 0 bridgehead atoms. The molecule has 0 spiro atoms. The molecule has 0 aliphatic carbocycles. The second kappa shape index (κ2) is 9.92. The molecule has 1 heterocycles. The standard InChI is InChI=1S/C23H27ClN2O5S/c1-16-4-7-20(8-5-16)32(29,30)26(21-9-6-19(24)14-17(21)2)15-22(27)25-12-10-18(11-13-25)23(28)31-3/h4-9,14,18H,10-13,15H2,1-3H3. The molecule has 1 saturated heterocycles. The van der Waals surface area contributed by atoms with Crippen molar-refractivity contribution in [3.8, 4) is 0 Å². The van der Waals surface area contributed by atoms with E-state index in [1.165, 1.54) is 19.2 Å². The molecule has 1 aliphatic heterocycles. The Morgan fingerprint density at radius 2 is 1.72 bits per heavy atom. The number of likely N-dealkylation sites (tertiary alicyclic amines) is 1. The van der Waals surface area contributed by atoms with Crippen molar-refractivity contribution < 1.29 is 22.7 Å². The number of anilines is 1. The minimum atomic E-state index is -4.00. The van der Waals surface area contributed by atoms with Crippen LogP contribution in [0.2, 0.25) is 5.02 Å². The first kappa shape index (κ1) is 24.1. The molecular formula is C23H27ClN2O5S. The molecular weight excluding hydrogens is 452 g/mol. The van der Waals surface area contributed by atoms with E-state index in [4.69, 9.17) is 16.3 Å². The minimum absolute atomic E-state index is 0.106. The molecule has 7 nitrogen and oxygen atoms in total. The molecule has 0 radical (unpaired) electrons. The number of carbonyl (C=O) groups excluding carboxylic acids is 2. The molecule has 0 aromatic heterocycles. The lowest BCUT2D eigenvalue weighted by Gasteiger charge is -2.33. The number of benzene rings is 2. The monoisotopic (exact) mass is 478 g/mol. The summed E-state index contributed by atoms with van der Waals surface area (Å²) >= 11 is 6.07. The van der Waals surface area contributed by atoms with Gasteiger partial charge in [0.1, 0.15) is 6.54 Å². The van der Waals surface area contributed by atoms with Crippen molar-refractivity contribution in [1.29, 1.82) is 0 Å². The lowest BCUT2D eigenvalue weighted by atomic mass is 9.97. The number of hydrogen-bond donors (Lipinski definition) is 0. The third-order valence-electron chi connectivity index (χ3n) is 5.70. The van der Waals surface area contributed by atoms with Gasteiger partial charge in [-0.2, -0.15) is 0 Å². The van der Waals surface area contributed by atoms with E-state index in [0.29, 0.717) is 42.2 Å². The molecule has 9 heteroatoms. The van der Waals surface area contributed by atoms with Gasteiger partial charge in [-0.15, -0.1) is 0 Å². The summed E-state index contributed by atoms with van der Waals surface area (Å²) in [6.07, 6.45) is 0.978. The molecule has 32 heavy (non-hydrogen) atoms. The maximum absolute atomic E-state index is 13.5. The van der Waals surface area contributed by atoms with Crippen LogP contribution in [-0.2, 0) is 24.3 Å². The normalized spacial score (nSPS) is 14.8. The average molecular weight is 479 g/mol. The van der Waals surface area contributed by atoms with Gasteiger partial charge in [0, 0.05) is 18.1 Å². The molecule has 0 atom stereocenters. The summed E-state index contributed by atoms with van der Waals surface area (Å²) in [4.78, 5) is 26.6. The fourth-order valence-electron chi connectivity index (χ4n) is 3.79. The van der Waals surface area contributed by atoms with Gasteiger partial charge in [-0.05, 0) is 62.6 Å². The first-order valence-corrected chi connectivity index (χ1v) is 12.2. The quantitative estimate of drug-likeness (QED) is 0.593. The minimum Gasteiger partial charge on any atom is -0.469 e. The third kappa shape index (κ3) is 5.24. The highest BCUT2D eigenvalue weighted by molar-refractivity contribution is 7.92. The number of methoxy groups -OCH3 is 1. The fourth-order valence-corrected chi connectivity index (χ4v) is 5.50. The number of ether oxygens (including phenoxy) is 1. The van der Waals surface area contributed by atoms with Crippen LogP contribution in [0, 0.1) is 19.8 Å². The van der Waals surface area contributed by atoms with Crippen molar-refractivity contribution in [2.24, 2.45) is 5.92 Å². The number of piperidine rings is 1. The summed E-state index contributed by atoms with van der Waals surface area (Å²) in [5.74, 6) is -0.842. The zero-order valence-corrected chi connectivity index (χ0v) is 19.9. The molecule has 1 aliphatic rings. The van der Waals surface area contributed by atoms with E-state index in [0.717, 1.165) is 9.87 Å². The molecule has 0 saturated carbocycles. The smallest absolute Gasteiger partial charge is 0.308 e. The second-order valence-corrected chi connectivity index (χ2v) is 10.2. The Labute approximate surface area is 194 Å². The number of nitrogens with zero attached hydrogens (tertiary/aromatic N) is 2. The van der Waals surface area contributed by atoms with Crippen molar-refractivity contribution in [1.82, 2.24) is 4.90 Å². The van der Waals surface area contributed by atoms with Crippen molar-refractivity contribution in [2.45, 2.75) is 31.6 Å². The summed E-state index contributed by atoms with van der Waals surface area (Å²) in [6.45, 7) is 4.03. The van der Waals surface area contributed by atoms with E-state index in [1.54, 1.807) is 42.2 Å². The van der Waals surface area contributed by atoms with Gasteiger partial charge in [-0.25, -0.2) is 8.42 Å². The summed E-state index contributed by atoms with van der Waals surface area (Å²) in [6, 6.07) is 11.4. The summed E-state index contributed by atoms with van der Waals surface area (Å²) < 4.78 is 33.0. The Morgan fingerprint density at radius 1 is 1.09 bits per heavy atom. The van der Waals surface area contributed by atoms with Gasteiger partial charge < -0.3 is 9.64 Å². The number of carbonyl (C=O) groups is 2. The van der Waals surface area contributed by atoms with Gasteiger partial charge in [0.15, 0.2) is 0 Å². The SMILES string of the molecule is COC(=O)C1CCN(C(=O)CN(c2ccc(Cl)cc2C)S(=O)(=O)c2ccc(C)cc2)CC1. The maximum atomic E-state index is 13.5. The Hall–Kier alpha value is -2.58. The zero-order valence-electron chi connectivity index (χ0n) is 18.4. The van der Waals surface area contributed by atoms with Crippen LogP contribution in [0.15, 0.2) is 47.4 Å². The molecule has 0 unspecified atom stereocenters. The number of amides is 1. The highest BCUT2D eigenvalue weighted by atomic mass is 35.5. The largest absolute Gasteiger partial charge is 0.469 e. The number of hydrogen-bond acceptors (Lipinski definition) is 5. The first-order valence-electron chi connectivity index (χ1n) is 10.3. The Balaban J connectivity index is 1.89. The number of rotatable bonds is 6. The number of esters is 1. The van der Waals surface area contributed by atoms with E-state index in [9.17, 15) is 18.0 Å². The predicted molar refractivity (Wildman–Crippen MR) is 123 cm³/mol. The molecule has 1 fully saturated rings. The highest BCUT2D eigenvalue weighted by Crippen LogP contribution is 2.29. The number of aryl methyl sites for hydroxylation is 2. The molecule has 0 N–H and O–H groups in total. The zero-order chi connectivity index (χ0) is 23.5. The van der Waals surface area contributed by atoms with Crippen molar-refractivity contribution in [2.75, 3.05) is 31.0 Å². The van der Waals surface area contributed by atoms with Crippen LogP contribution in [-0.4, -0.2) is 51.9 Å². The molecule has 2 aromatic rings. The highest BCUT2D eigenvalue weighted by Gasteiger charge is 2.32.